The first-order chi connectivity index (χ1) is 4.49. The van der Waals surface area contributed by atoms with E-state index in [1.54, 1.807) is 13.8 Å². The van der Waals surface area contributed by atoms with Crippen LogP contribution in [0.3, 0.4) is 0 Å². The molecule has 0 saturated carbocycles. The third-order valence-corrected chi connectivity index (χ3v) is 1.12. The number of carbonyl (C=O) groups is 1. The molecule has 0 unspecified atom stereocenters. The molecule has 1 heterocycles. The average Bonchev–Trinajstić information content (AvgIpc) is 1.54. The number of rotatable bonds is 0. The molecule has 1 N–H and O–H groups in total. The van der Waals surface area contributed by atoms with Crippen LogP contribution in [0.5, 0.6) is 0 Å². The molecule has 0 aromatic rings. The third kappa shape index (κ3) is 1.68. The van der Waals surface area contributed by atoms with Gasteiger partial charge in [-0.05, 0) is 0 Å². The molecule has 0 bridgehead atoms. The third-order valence-electron chi connectivity index (χ3n) is 1.12. The minimum Gasteiger partial charge on any atom is -0.433 e. The summed E-state index contributed by atoms with van der Waals surface area (Å²) in [6.45, 7) is 3.15. The van der Waals surface area contributed by atoms with Crippen molar-refractivity contribution in [2.24, 2.45) is 0 Å². The summed E-state index contributed by atoms with van der Waals surface area (Å²) < 4.78 is 9.58. The van der Waals surface area contributed by atoms with Crippen molar-refractivity contribution in [1.82, 2.24) is 0 Å². The number of ether oxygens (including phenoxy) is 2. The van der Waals surface area contributed by atoms with Crippen molar-refractivity contribution in [3.63, 3.8) is 0 Å². The first-order valence-corrected chi connectivity index (χ1v) is 3.07. The van der Waals surface area contributed by atoms with E-state index < -0.39 is 18.0 Å². The van der Waals surface area contributed by atoms with Crippen molar-refractivity contribution in [3.8, 4) is 0 Å². The monoisotopic (exact) mass is 146 g/mol. The van der Waals surface area contributed by atoms with Gasteiger partial charge < -0.3 is 14.6 Å². The van der Waals surface area contributed by atoms with Crippen molar-refractivity contribution in [1.29, 1.82) is 0 Å². The number of aliphatic hydroxyl groups is 1. The molecule has 1 rings (SSSR count). The molecule has 0 aliphatic carbocycles. The molecule has 1 fully saturated rings. The van der Waals surface area contributed by atoms with Gasteiger partial charge in [0, 0.05) is 13.8 Å². The van der Waals surface area contributed by atoms with Gasteiger partial charge in [0.2, 0.25) is 5.79 Å². The summed E-state index contributed by atoms with van der Waals surface area (Å²) in [7, 11) is 0. The predicted molar refractivity (Wildman–Crippen MR) is 31.9 cm³/mol. The van der Waals surface area contributed by atoms with Crippen LogP contribution in [0.1, 0.15) is 20.3 Å². The topological polar surface area (TPSA) is 55.8 Å². The summed E-state index contributed by atoms with van der Waals surface area (Å²) in [5.74, 6) is -1.40. The van der Waals surface area contributed by atoms with Crippen molar-refractivity contribution >= 4 is 5.97 Å². The lowest BCUT2D eigenvalue weighted by atomic mass is 10.3. The number of cyclic esters (lactones) is 1. The fourth-order valence-corrected chi connectivity index (χ4v) is 0.852. The maximum Gasteiger partial charge on any atom is 0.313 e. The molecule has 1 atom stereocenters. The van der Waals surface area contributed by atoms with Gasteiger partial charge >= 0.3 is 5.97 Å². The second-order valence-electron chi connectivity index (χ2n) is 2.65. The number of esters is 1. The Morgan fingerprint density at radius 3 is 2.70 bits per heavy atom. The van der Waals surface area contributed by atoms with Crippen LogP contribution in [0.15, 0.2) is 0 Å². The molecule has 0 aromatic heterocycles. The fourth-order valence-electron chi connectivity index (χ4n) is 0.852. The normalized spacial score (nSPS) is 31.5. The highest BCUT2D eigenvalue weighted by molar-refractivity contribution is 5.70. The quantitative estimate of drug-likeness (QED) is 0.489. The predicted octanol–water partition coefficient (Wildman–Crippen LogP) is 0.00440. The highest BCUT2D eigenvalue weighted by Gasteiger charge is 2.33. The fraction of sp³-hybridized carbons (Fsp3) is 0.833. The lowest BCUT2D eigenvalue weighted by molar-refractivity contribution is -0.298. The van der Waals surface area contributed by atoms with Gasteiger partial charge in [0.1, 0.15) is 0 Å². The van der Waals surface area contributed by atoms with E-state index in [0.717, 1.165) is 0 Å². The average molecular weight is 146 g/mol. The van der Waals surface area contributed by atoms with Crippen LogP contribution in [0.2, 0.25) is 0 Å². The van der Waals surface area contributed by atoms with E-state index in [1.165, 1.54) is 0 Å². The Balaban J connectivity index is 2.59. The Hall–Kier alpha value is -0.610. The van der Waals surface area contributed by atoms with Crippen LogP contribution >= 0.6 is 0 Å². The van der Waals surface area contributed by atoms with Gasteiger partial charge in [-0.15, -0.1) is 0 Å². The van der Waals surface area contributed by atoms with Gasteiger partial charge in [-0.25, -0.2) is 0 Å². The van der Waals surface area contributed by atoms with E-state index in [0.29, 0.717) is 0 Å². The van der Waals surface area contributed by atoms with Gasteiger partial charge in [0.15, 0.2) is 6.29 Å². The number of aliphatic hydroxyl groups excluding tert-OH is 1. The van der Waals surface area contributed by atoms with Crippen LogP contribution in [0.25, 0.3) is 0 Å². The van der Waals surface area contributed by atoms with E-state index in [-0.39, 0.29) is 6.42 Å². The molecule has 1 saturated heterocycles. The largest absolute Gasteiger partial charge is 0.433 e. The molecule has 0 radical (unpaired) electrons. The lowest BCUT2D eigenvalue weighted by Gasteiger charge is -2.32. The molecule has 0 spiro atoms. The Kier molecular flexibility index (Phi) is 1.66. The minimum absolute atomic E-state index is 0.0799. The summed E-state index contributed by atoms with van der Waals surface area (Å²) in [6.07, 6.45) is -1.10. The Morgan fingerprint density at radius 2 is 2.30 bits per heavy atom. The summed E-state index contributed by atoms with van der Waals surface area (Å²) in [5.41, 5.74) is 0. The van der Waals surface area contributed by atoms with E-state index >= 15 is 0 Å². The van der Waals surface area contributed by atoms with Crippen molar-refractivity contribution in [3.05, 3.63) is 0 Å². The second-order valence-corrected chi connectivity index (χ2v) is 2.65. The van der Waals surface area contributed by atoms with Gasteiger partial charge in [0.25, 0.3) is 0 Å². The summed E-state index contributed by atoms with van der Waals surface area (Å²) in [6, 6.07) is 0. The van der Waals surface area contributed by atoms with Gasteiger partial charge in [-0.2, -0.15) is 0 Å². The number of hydrogen-bond donors (Lipinski definition) is 1. The SMILES string of the molecule is CC1(C)OC(=O)C[C@H](O)O1. The molecule has 10 heavy (non-hydrogen) atoms. The molecule has 4 heteroatoms. The lowest BCUT2D eigenvalue weighted by Crippen LogP contribution is -2.42. The molecule has 0 amide bonds. The van der Waals surface area contributed by atoms with Gasteiger partial charge in [0.05, 0.1) is 6.42 Å². The van der Waals surface area contributed by atoms with Crippen LogP contribution in [0, 0.1) is 0 Å². The van der Waals surface area contributed by atoms with E-state index in [2.05, 4.69) is 0 Å². The zero-order valence-electron chi connectivity index (χ0n) is 5.96. The van der Waals surface area contributed by atoms with E-state index in [4.69, 9.17) is 14.6 Å². The number of hydrogen-bond acceptors (Lipinski definition) is 4. The van der Waals surface area contributed by atoms with E-state index in [1.807, 2.05) is 0 Å². The summed E-state index contributed by atoms with van der Waals surface area (Å²) >= 11 is 0. The van der Waals surface area contributed by atoms with Crippen LogP contribution < -0.4 is 0 Å². The summed E-state index contributed by atoms with van der Waals surface area (Å²) in [5, 5.41) is 8.89. The first kappa shape index (κ1) is 7.50. The molecule has 58 valence electrons. The highest BCUT2D eigenvalue weighted by atomic mass is 16.8. The van der Waals surface area contributed by atoms with Crippen molar-refractivity contribution < 1.29 is 19.4 Å². The smallest absolute Gasteiger partial charge is 0.313 e. The van der Waals surface area contributed by atoms with Crippen molar-refractivity contribution in [2.75, 3.05) is 0 Å². The molecule has 4 nitrogen and oxygen atoms in total. The standard InChI is InChI=1S/C6H10O4/c1-6(2)9-4(7)3-5(8)10-6/h4,7H,3H2,1-2H3/t4-/m1/s1. The molecular formula is C6H10O4. The molecule has 1 aliphatic rings. The number of carbonyl (C=O) groups excluding carboxylic acids is 1. The Labute approximate surface area is 58.7 Å². The zero-order valence-corrected chi connectivity index (χ0v) is 5.96. The maximum atomic E-state index is 10.6. The van der Waals surface area contributed by atoms with Crippen LogP contribution in [0.4, 0.5) is 0 Å². The Bertz CT molecular complexity index is 152. The zero-order chi connectivity index (χ0) is 7.78. The maximum absolute atomic E-state index is 10.6. The molecular weight excluding hydrogens is 136 g/mol. The molecule has 0 aromatic carbocycles. The van der Waals surface area contributed by atoms with Crippen LogP contribution in [-0.4, -0.2) is 23.2 Å². The second kappa shape index (κ2) is 2.21. The first-order valence-electron chi connectivity index (χ1n) is 3.07. The highest BCUT2D eigenvalue weighted by Crippen LogP contribution is 2.20. The Morgan fingerprint density at radius 1 is 1.70 bits per heavy atom. The molecule has 1 aliphatic heterocycles. The van der Waals surface area contributed by atoms with E-state index in [9.17, 15) is 4.79 Å². The van der Waals surface area contributed by atoms with Crippen LogP contribution in [-0.2, 0) is 14.3 Å². The van der Waals surface area contributed by atoms with Gasteiger partial charge in [-0.1, -0.05) is 0 Å². The summed E-state index contributed by atoms with van der Waals surface area (Å²) in [4.78, 5) is 10.6. The van der Waals surface area contributed by atoms with Gasteiger partial charge in [-0.3, -0.25) is 4.79 Å². The van der Waals surface area contributed by atoms with Crippen molar-refractivity contribution in [2.45, 2.75) is 32.3 Å². The minimum atomic E-state index is -1.02.